The molecule has 2 heteroatoms. The Kier molecular flexibility index (Phi) is 6.62. The van der Waals surface area contributed by atoms with Crippen LogP contribution >= 0.6 is 0 Å². The molecule has 0 spiro atoms. The highest BCUT2D eigenvalue weighted by Crippen LogP contribution is 2.29. The quantitative estimate of drug-likeness (QED) is 0.723. The van der Waals surface area contributed by atoms with E-state index in [1.807, 2.05) is 0 Å². The maximum atomic E-state index is 10.8. The van der Waals surface area contributed by atoms with Gasteiger partial charge in [-0.3, -0.25) is 4.90 Å². The molecule has 1 N–H and O–H groups in total. The summed E-state index contributed by atoms with van der Waals surface area (Å²) in [6.45, 7) is 13.3. The summed E-state index contributed by atoms with van der Waals surface area (Å²) in [6.07, 6.45) is 3.18. The maximum absolute atomic E-state index is 10.8. The topological polar surface area (TPSA) is 23.5 Å². The number of likely N-dealkylation sites (tertiary alicyclic amines) is 1. The van der Waals surface area contributed by atoms with Crippen LogP contribution in [0.25, 0.3) is 0 Å². The second-order valence-corrected chi connectivity index (χ2v) is 9.73. The molecule has 152 valence electrons. The molecule has 1 aliphatic heterocycles. The Morgan fingerprint density at radius 3 is 2.29 bits per heavy atom. The van der Waals surface area contributed by atoms with Gasteiger partial charge in [0.25, 0.3) is 0 Å². The largest absolute Gasteiger partial charge is 0.387 e. The Bertz CT molecular complexity index is 751. The van der Waals surface area contributed by atoms with Crippen molar-refractivity contribution < 1.29 is 5.11 Å². The summed E-state index contributed by atoms with van der Waals surface area (Å²) in [5.41, 5.74) is 5.37. The third kappa shape index (κ3) is 5.24. The Balaban J connectivity index is 1.55. The molecule has 2 aromatic carbocycles. The summed E-state index contributed by atoms with van der Waals surface area (Å²) in [7, 11) is 0. The number of aliphatic hydroxyl groups excluding tert-OH is 1. The van der Waals surface area contributed by atoms with Crippen molar-refractivity contribution in [2.45, 2.75) is 71.4 Å². The molecular formula is C26H37NO. The summed E-state index contributed by atoms with van der Waals surface area (Å²) in [5.74, 6) is 0.746. The molecule has 1 saturated heterocycles. The average Bonchev–Trinajstić information content (AvgIpc) is 2.68. The van der Waals surface area contributed by atoms with E-state index in [4.69, 9.17) is 0 Å². The zero-order valence-corrected chi connectivity index (χ0v) is 18.3. The van der Waals surface area contributed by atoms with Crippen LogP contribution in [0.4, 0.5) is 0 Å². The van der Waals surface area contributed by atoms with Gasteiger partial charge >= 0.3 is 0 Å². The van der Waals surface area contributed by atoms with Gasteiger partial charge in [-0.1, -0.05) is 74.9 Å². The number of nitrogens with zero attached hydrogens (tertiary/aromatic N) is 1. The lowest BCUT2D eigenvalue weighted by atomic mass is 9.84. The summed E-state index contributed by atoms with van der Waals surface area (Å²) in [4.78, 5) is 2.46. The molecule has 0 radical (unpaired) electrons. The number of benzene rings is 2. The molecule has 2 unspecified atom stereocenters. The Labute approximate surface area is 171 Å². The second-order valence-electron chi connectivity index (χ2n) is 9.73. The van der Waals surface area contributed by atoms with Gasteiger partial charge in [0.15, 0.2) is 0 Å². The van der Waals surface area contributed by atoms with Crippen molar-refractivity contribution in [1.82, 2.24) is 4.90 Å². The first-order chi connectivity index (χ1) is 13.2. The minimum atomic E-state index is -0.416. The minimum Gasteiger partial charge on any atom is -0.387 e. The predicted octanol–water partition coefficient (Wildman–Crippen LogP) is 5.67. The molecule has 1 aliphatic rings. The summed E-state index contributed by atoms with van der Waals surface area (Å²) in [6, 6.07) is 17.6. The van der Waals surface area contributed by atoms with E-state index in [2.05, 4.69) is 88.0 Å². The molecular weight excluding hydrogens is 342 g/mol. The average molecular weight is 380 g/mol. The number of hydrogen-bond donors (Lipinski definition) is 1. The zero-order valence-electron chi connectivity index (χ0n) is 18.3. The van der Waals surface area contributed by atoms with Gasteiger partial charge in [0, 0.05) is 6.04 Å². The number of hydrogen-bond acceptors (Lipinski definition) is 2. The fourth-order valence-electron chi connectivity index (χ4n) is 4.30. The number of piperidine rings is 1. The predicted molar refractivity (Wildman–Crippen MR) is 119 cm³/mol. The van der Waals surface area contributed by atoms with E-state index < -0.39 is 6.10 Å². The molecule has 28 heavy (non-hydrogen) atoms. The lowest BCUT2D eigenvalue weighted by Crippen LogP contribution is -2.43. The standard InChI is InChI=1S/C26H37NO/c1-19-9-11-23(12-10-19)25(28)20(2)27-15-13-21(14-16-27)17-22-7-6-8-24(18-22)26(3,4)5/h6-12,18,20-21,25,28H,13-17H2,1-5H3. The van der Waals surface area contributed by atoms with E-state index in [-0.39, 0.29) is 11.5 Å². The van der Waals surface area contributed by atoms with Crippen LogP contribution in [-0.4, -0.2) is 29.1 Å². The molecule has 0 amide bonds. The molecule has 2 aromatic rings. The lowest BCUT2D eigenvalue weighted by Gasteiger charge is -2.38. The first kappa shape index (κ1) is 21.1. The highest BCUT2D eigenvalue weighted by atomic mass is 16.3. The van der Waals surface area contributed by atoms with Crippen LogP contribution in [0.5, 0.6) is 0 Å². The van der Waals surface area contributed by atoms with E-state index >= 15 is 0 Å². The van der Waals surface area contributed by atoms with E-state index in [0.29, 0.717) is 0 Å². The normalized spacial score (nSPS) is 18.8. The Morgan fingerprint density at radius 1 is 1.04 bits per heavy atom. The van der Waals surface area contributed by atoms with Crippen molar-refractivity contribution in [1.29, 1.82) is 0 Å². The van der Waals surface area contributed by atoms with E-state index in [1.54, 1.807) is 0 Å². The third-order valence-electron chi connectivity index (χ3n) is 6.42. The fraction of sp³-hybridized carbons (Fsp3) is 0.538. The highest BCUT2D eigenvalue weighted by Gasteiger charge is 2.27. The summed E-state index contributed by atoms with van der Waals surface area (Å²) >= 11 is 0. The Morgan fingerprint density at radius 2 is 1.68 bits per heavy atom. The van der Waals surface area contributed by atoms with E-state index in [1.165, 1.54) is 36.0 Å². The lowest BCUT2D eigenvalue weighted by molar-refractivity contribution is 0.0373. The van der Waals surface area contributed by atoms with Crippen molar-refractivity contribution in [3.63, 3.8) is 0 Å². The molecule has 0 bridgehead atoms. The first-order valence-electron chi connectivity index (χ1n) is 10.8. The molecule has 0 aromatic heterocycles. The van der Waals surface area contributed by atoms with Gasteiger partial charge in [-0.05, 0) is 74.2 Å². The monoisotopic (exact) mass is 379 g/mol. The molecule has 1 heterocycles. The second kappa shape index (κ2) is 8.80. The molecule has 3 rings (SSSR count). The zero-order chi connectivity index (χ0) is 20.3. The summed E-state index contributed by atoms with van der Waals surface area (Å²) < 4.78 is 0. The van der Waals surface area contributed by atoms with Crippen molar-refractivity contribution in [2.24, 2.45) is 5.92 Å². The van der Waals surface area contributed by atoms with Crippen LogP contribution in [0.3, 0.4) is 0 Å². The van der Waals surface area contributed by atoms with Crippen LogP contribution in [0.2, 0.25) is 0 Å². The fourth-order valence-corrected chi connectivity index (χ4v) is 4.30. The van der Waals surface area contributed by atoms with Gasteiger partial charge < -0.3 is 5.11 Å². The third-order valence-corrected chi connectivity index (χ3v) is 6.42. The summed E-state index contributed by atoms with van der Waals surface area (Å²) in [5, 5.41) is 10.8. The Hall–Kier alpha value is -1.64. The van der Waals surface area contributed by atoms with Gasteiger partial charge in [0.1, 0.15) is 0 Å². The van der Waals surface area contributed by atoms with Gasteiger partial charge in [0.05, 0.1) is 6.10 Å². The first-order valence-corrected chi connectivity index (χ1v) is 10.8. The number of aliphatic hydroxyl groups is 1. The number of rotatable bonds is 5. The van der Waals surface area contributed by atoms with Gasteiger partial charge in [-0.2, -0.15) is 0 Å². The molecule has 0 aliphatic carbocycles. The van der Waals surface area contributed by atoms with Crippen LogP contribution in [0.1, 0.15) is 68.9 Å². The SMILES string of the molecule is Cc1ccc(C(O)C(C)N2CCC(Cc3cccc(C(C)(C)C)c3)CC2)cc1. The smallest absolute Gasteiger partial charge is 0.0942 e. The van der Waals surface area contributed by atoms with Crippen molar-refractivity contribution in [3.8, 4) is 0 Å². The van der Waals surface area contributed by atoms with Crippen molar-refractivity contribution >= 4 is 0 Å². The van der Waals surface area contributed by atoms with Crippen LogP contribution < -0.4 is 0 Å². The van der Waals surface area contributed by atoms with Crippen LogP contribution in [0, 0.1) is 12.8 Å². The van der Waals surface area contributed by atoms with Crippen molar-refractivity contribution in [2.75, 3.05) is 13.1 Å². The molecule has 2 nitrogen and oxygen atoms in total. The van der Waals surface area contributed by atoms with E-state index in [0.717, 1.165) is 24.6 Å². The van der Waals surface area contributed by atoms with Crippen molar-refractivity contribution in [3.05, 3.63) is 70.8 Å². The van der Waals surface area contributed by atoms with Gasteiger partial charge in [0.2, 0.25) is 0 Å². The highest BCUT2D eigenvalue weighted by molar-refractivity contribution is 5.29. The molecule has 0 saturated carbocycles. The van der Waals surface area contributed by atoms with Gasteiger partial charge in [-0.25, -0.2) is 0 Å². The maximum Gasteiger partial charge on any atom is 0.0942 e. The number of aryl methyl sites for hydroxylation is 1. The van der Waals surface area contributed by atoms with Crippen LogP contribution in [0.15, 0.2) is 48.5 Å². The molecule has 2 atom stereocenters. The van der Waals surface area contributed by atoms with E-state index in [9.17, 15) is 5.11 Å². The van der Waals surface area contributed by atoms with Crippen LogP contribution in [-0.2, 0) is 11.8 Å². The van der Waals surface area contributed by atoms with Gasteiger partial charge in [-0.15, -0.1) is 0 Å². The molecule has 1 fully saturated rings. The minimum absolute atomic E-state index is 0.160.